The minimum atomic E-state index is 0.320. The first-order chi connectivity index (χ1) is 10.2. The molecule has 2 aliphatic rings. The lowest BCUT2D eigenvalue weighted by Gasteiger charge is -2.50. The fourth-order valence-corrected chi connectivity index (χ4v) is 4.13. The summed E-state index contributed by atoms with van der Waals surface area (Å²) in [5, 5.41) is 4.42. The van der Waals surface area contributed by atoms with E-state index in [9.17, 15) is 0 Å². The molecule has 1 aliphatic heterocycles. The van der Waals surface area contributed by atoms with Crippen LogP contribution in [0, 0.1) is 0 Å². The fourth-order valence-electron chi connectivity index (χ4n) is 3.91. The van der Waals surface area contributed by atoms with E-state index in [1.165, 1.54) is 32.1 Å². The highest BCUT2D eigenvalue weighted by Gasteiger charge is 2.39. The van der Waals surface area contributed by atoms with Crippen molar-refractivity contribution in [3.63, 3.8) is 0 Å². The molecule has 1 aliphatic carbocycles. The number of halogens is 1. The van der Waals surface area contributed by atoms with Gasteiger partial charge in [-0.15, -0.1) is 0 Å². The summed E-state index contributed by atoms with van der Waals surface area (Å²) in [6, 6.07) is 5.94. The second kappa shape index (κ2) is 6.55. The molecule has 1 spiro atoms. The van der Waals surface area contributed by atoms with Crippen LogP contribution in [0.2, 0.25) is 5.02 Å². The molecule has 0 radical (unpaired) electrons. The quantitative estimate of drug-likeness (QED) is 0.925. The number of nitrogens with one attached hydrogen (secondary N) is 1. The van der Waals surface area contributed by atoms with Crippen molar-refractivity contribution in [1.29, 1.82) is 0 Å². The number of ether oxygens (including phenoxy) is 1. The van der Waals surface area contributed by atoms with E-state index in [-0.39, 0.29) is 0 Å². The van der Waals surface area contributed by atoms with Crippen LogP contribution in [0.15, 0.2) is 18.2 Å². The van der Waals surface area contributed by atoms with Gasteiger partial charge in [0.25, 0.3) is 0 Å². The highest BCUT2D eigenvalue weighted by atomic mass is 35.5. The van der Waals surface area contributed by atoms with E-state index in [2.05, 4.69) is 10.2 Å². The smallest absolute Gasteiger partial charge is 0.124 e. The standard InChI is InChI=1S/C17H25ClN2O/c1-21-16-7-5-6-15(18)14(16)12-20-11-10-19-13-17(20)8-3-2-4-9-17/h5-7,19H,2-4,8-13H2,1H3. The topological polar surface area (TPSA) is 24.5 Å². The summed E-state index contributed by atoms with van der Waals surface area (Å²) >= 11 is 6.43. The molecule has 4 heteroatoms. The normalized spacial score (nSPS) is 22.4. The Hall–Kier alpha value is -0.770. The Labute approximate surface area is 132 Å². The number of nitrogens with zero attached hydrogens (tertiary/aromatic N) is 1. The number of benzene rings is 1. The average molecular weight is 309 g/mol. The van der Waals surface area contributed by atoms with Gasteiger partial charge in [-0.05, 0) is 25.0 Å². The Morgan fingerprint density at radius 3 is 2.86 bits per heavy atom. The largest absolute Gasteiger partial charge is 0.496 e. The van der Waals surface area contributed by atoms with E-state index in [1.54, 1.807) is 7.11 Å². The zero-order valence-corrected chi connectivity index (χ0v) is 13.6. The van der Waals surface area contributed by atoms with Gasteiger partial charge in [-0.3, -0.25) is 4.90 Å². The molecular weight excluding hydrogens is 284 g/mol. The van der Waals surface area contributed by atoms with Gasteiger partial charge in [0, 0.05) is 42.3 Å². The molecule has 0 bridgehead atoms. The van der Waals surface area contributed by atoms with Crippen molar-refractivity contribution in [1.82, 2.24) is 10.2 Å². The Balaban J connectivity index is 1.85. The maximum absolute atomic E-state index is 6.43. The van der Waals surface area contributed by atoms with E-state index in [0.717, 1.165) is 42.5 Å². The SMILES string of the molecule is COc1cccc(Cl)c1CN1CCNCC12CCCCC2. The van der Waals surface area contributed by atoms with Crippen molar-refractivity contribution >= 4 is 11.6 Å². The minimum absolute atomic E-state index is 0.320. The molecule has 1 N–H and O–H groups in total. The highest BCUT2D eigenvalue weighted by Crippen LogP contribution is 2.37. The van der Waals surface area contributed by atoms with Crippen LogP contribution in [0.25, 0.3) is 0 Å². The lowest BCUT2D eigenvalue weighted by Crippen LogP contribution is -2.61. The Kier molecular flexibility index (Phi) is 4.72. The predicted molar refractivity (Wildman–Crippen MR) is 87.1 cm³/mol. The molecule has 1 aromatic carbocycles. The van der Waals surface area contributed by atoms with Crippen molar-refractivity contribution in [3.8, 4) is 5.75 Å². The summed E-state index contributed by atoms with van der Waals surface area (Å²) in [7, 11) is 1.73. The second-order valence-corrected chi connectivity index (χ2v) is 6.71. The first-order valence-corrected chi connectivity index (χ1v) is 8.40. The maximum Gasteiger partial charge on any atom is 0.124 e. The summed E-state index contributed by atoms with van der Waals surface area (Å²) in [5.74, 6) is 0.909. The lowest BCUT2D eigenvalue weighted by atomic mass is 9.79. The van der Waals surface area contributed by atoms with Gasteiger partial charge in [-0.25, -0.2) is 0 Å². The van der Waals surface area contributed by atoms with Gasteiger partial charge in [0.05, 0.1) is 7.11 Å². The van der Waals surface area contributed by atoms with Crippen LogP contribution in [0.5, 0.6) is 5.75 Å². The molecule has 1 heterocycles. The van der Waals surface area contributed by atoms with E-state index in [4.69, 9.17) is 16.3 Å². The molecule has 0 atom stereocenters. The summed E-state index contributed by atoms with van der Waals surface area (Å²) in [6.07, 6.45) is 6.67. The first kappa shape index (κ1) is 15.1. The fraction of sp³-hybridized carbons (Fsp3) is 0.647. The molecule has 0 amide bonds. The highest BCUT2D eigenvalue weighted by molar-refractivity contribution is 6.31. The summed E-state index contributed by atoms with van der Waals surface area (Å²) in [5.41, 5.74) is 1.45. The number of methoxy groups -OCH3 is 1. The Morgan fingerprint density at radius 2 is 2.10 bits per heavy atom. The Morgan fingerprint density at radius 1 is 1.29 bits per heavy atom. The predicted octanol–water partition coefficient (Wildman–Crippen LogP) is 3.46. The van der Waals surface area contributed by atoms with E-state index >= 15 is 0 Å². The third-order valence-corrected chi connectivity index (χ3v) is 5.47. The second-order valence-electron chi connectivity index (χ2n) is 6.30. The third kappa shape index (κ3) is 3.05. The van der Waals surface area contributed by atoms with E-state index < -0.39 is 0 Å². The molecule has 2 fully saturated rings. The van der Waals surface area contributed by atoms with Crippen LogP contribution in [-0.4, -0.2) is 37.2 Å². The average Bonchev–Trinajstić information content (AvgIpc) is 2.52. The molecule has 1 saturated carbocycles. The zero-order valence-electron chi connectivity index (χ0n) is 12.8. The van der Waals surface area contributed by atoms with Gasteiger partial charge < -0.3 is 10.1 Å². The van der Waals surface area contributed by atoms with Crippen molar-refractivity contribution in [2.45, 2.75) is 44.2 Å². The molecule has 1 saturated heterocycles. The number of hydrogen-bond acceptors (Lipinski definition) is 3. The van der Waals surface area contributed by atoms with Crippen LogP contribution in [-0.2, 0) is 6.54 Å². The molecule has 1 aromatic rings. The van der Waals surface area contributed by atoms with Gasteiger partial charge in [0.15, 0.2) is 0 Å². The zero-order chi connectivity index (χ0) is 14.7. The molecule has 0 aromatic heterocycles. The molecule has 3 rings (SSSR count). The number of rotatable bonds is 3. The van der Waals surface area contributed by atoms with Crippen molar-refractivity contribution in [3.05, 3.63) is 28.8 Å². The summed E-state index contributed by atoms with van der Waals surface area (Å²) < 4.78 is 5.52. The molecule has 3 nitrogen and oxygen atoms in total. The van der Waals surface area contributed by atoms with Crippen LogP contribution >= 0.6 is 11.6 Å². The maximum atomic E-state index is 6.43. The van der Waals surface area contributed by atoms with E-state index in [1.807, 2.05) is 18.2 Å². The summed E-state index contributed by atoms with van der Waals surface area (Å²) in [6.45, 7) is 4.16. The third-order valence-electron chi connectivity index (χ3n) is 5.11. The molecule has 0 unspecified atom stereocenters. The van der Waals surface area contributed by atoms with Gasteiger partial charge in [0.1, 0.15) is 5.75 Å². The minimum Gasteiger partial charge on any atom is -0.496 e. The molecular formula is C17H25ClN2O. The molecule has 116 valence electrons. The van der Waals surface area contributed by atoms with Gasteiger partial charge in [-0.2, -0.15) is 0 Å². The summed E-state index contributed by atoms with van der Waals surface area (Å²) in [4.78, 5) is 2.65. The lowest BCUT2D eigenvalue weighted by molar-refractivity contribution is 0.0204. The number of piperazine rings is 1. The van der Waals surface area contributed by atoms with Gasteiger partial charge in [-0.1, -0.05) is 36.9 Å². The van der Waals surface area contributed by atoms with Crippen LogP contribution in [0.4, 0.5) is 0 Å². The van der Waals surface area contributed by atoms with Crippen LogP contribution < -0.4 is 10.1 Å². The van der Waals surface area contributed by atoms with E-state index in [0.29, 0.717) is 5.54 Å². The Bertz CT molecular complexity index is 477. The van der Waals surface area contributed by atoms with Crippen molar-refractivity contribution < 1.29 is 4.74 Å². The van der Waals surface area contributed by atoms with Crippen molar-refractivity contribution in [2.24, 2.45) is 0 Å². The first-order valence-electron chi connectivity index (χ1n) is 8.02. The monoisotopic (exact) mass is 308 g/mol. The molecule has 21 heavy (non-hydrogen) atoms. The van der Waals surface area contributed by atoms with Gasteiger partial charge in [0.2, 0.25) is 0 Å². The van der Waals surface area contributed by atoms with Crippen molar-refractivity contribution in [2.75, 3.05) is 26.7 Å². The van der Waals surface area contributed by atoms with Gasteiger partial charge >= 0.3 is 0 Å². The number of hydrogen-bond donors (Lipinski definition) is 1. The van der Waals surface area contributed by atoms with Crippen LogP contribution in [0.3, 0.4) is 0 Å². The van der Waals surface area contributed by atoms with Crippen LogP contribution in [0.1, 0.15) is 37.7 Å².